The molecule has 0 atom stereocenters. The van der Waals surface area contributed by atoms with Crippen LogP contribution in [-0.2, 0) is 6.42 Å². The normalized spacial score (nSPS) is 11.7. The third kappa shape index (κ3) is 6.64. The Labute approximate surface area is 196 Å². The molecular weight excluding hydrogens is 481 g/mol. The number of rotatable bonds is 9. The average molecular weight is 502 g/mol. The first kappa shape index (κ1) is 26.3. The fraction of sp³-hybridized carbons (Fsp3) is 0.320. The van der Waals surface area contributed by atoms with Crippen molar-refractivity contribution < 1.29 is 45.0 Å². The monoisotopic (exact) mass is 502 g/mol. The molecule has 0 radical (unpaired) electrons. The third-order valence-electron chi connectivity index (χ3n) is 5.26. The molecule has 0 unspecified atom stereocenters. The van der Waals surface area contributed by atoms with Crippen molar-refractivity contribution in [2.75, 3.05) is 0 Å². The number of aryl methyl sites for hydroxylation is 1. The van der Waals surface area contributed by atoms with Crippen molar-refractivity contribution in [2.45, 2.75) is 51.8 Å². The highest BCUT2D eigenvalue weighted by Gasteiger charge is 2.34. The van der Waals surface area contributed by atoms with Crippen LogP contribution in [0.4, 0.5) is 30.7 Å². The van der Waals surface area contributed by atoms with E-state index in [1.54, 1.807) is 0 Å². The predicted molar refractivity (Wildman–Crippen MR) is 114 cm³/mol. The van der Waals surface area contributed by atoms with Gasteiger partial charge in [-0.1, -0.05) is 32.6 Å². The molecule has 0 aliphatic heterocycles. The molecule has 0 saturated heterocycles. The summed E-state index contributed by atoms with van der Waals surface area (Å²) in [6.07, 6.45) is -0.0738. The van der Waals surface area contributed by atoms with Gasteiger partial charge in [0.1, 0.15) is 22.9 Å². The number of unbranched alkanes of at least 4 members (excludes halogenated alkanes) is 4. The molecule has 0 spiro atoms. The number of alkyl halides is 3. The summed E-state index contributed by atoms with van der Waals surface area (Å²) in [5, 5.41) is -0.717. The number of halogens is 7. The second-order valence-electron chi connectivity index (χ2n) is 7.92. The van der Waals surface area contributed by atoms with E-state index in [-0.39, 0.29) is 11.1 Å². The second kappa shape index (κ2) is 11.0. The van der Waals surface area contributed by atoms with Crippen LogP contribution in [0.1, 0.15) is 54.9 Å². The predicted octanol–water partition coefficient (Wildman–Crippen LogP) is 8.03. The largest absolute Gasteiger partial charge is 0.573 e. The molecule has 0 N–H and O–H groups in total. The fourth-order valence-corrected chi connectivity index (χ4v) is 3.62. The second-order valence-corrected chi connectivity index (χ2v) is 7.92. The van der Waals surface area contributed by atoms with Gasteiger partial charge in [-0.3, -0.25) is 0 Å². The molecule has 3 rings (SSSR count). The Hall–Kier alpha value is -3.30. The number of ether oxygens (including phenoxy) is 2. The Balaban J connectivity index is 1.78. The molecule has 35 heavy (non-hydrogen) atoms. The summed E-state index contributed by atoms with van der Waals surface area (Å²) in [5.41, 5.74) is -0.548. The summed E-state index contributed by atoms with van der Waals surface area (Å²) >= 11 is 0. The van der Waals surface area contributed by atoms with E-state index in [2.05, 4.69) is 11.7 Å². The maximum absolute atomic E-state index is 14.5. The zero-order valence-corrected chi connectivity index (χ0v) is 18.6. The number of esters is 1. The van der Waals surface area contributed by atoms with E-state index in [1.807, 2.05) is 0 Å². The summed E-state index contributed by atoms with van der Waals surface area (Å²) in [5.74, 6) is -8.84. The first-order valence-electron chi connectivity index (χ1n) is 10.9. The van der Waals surface area contributed by atoms with E-state index in [0.29, 0.717) is 18.1 Å². The Kier molecular flexibility index (Phi) is 8.24. The van der Waals surface area contributed by atoms with Gasteiger partial charge < -0.3 is 9.47 Å². The lowest BCUT2D eigenvalue weighted by atomic mass is 10.0. The summed E-state index contributed by atoms with van der Waals surface area (Å²) in [4.78, 5) is 12.4. The van der Waals surface area contributed by atoms with Gasteiger partial charge >= 0.3 is 12.3 Å². The molecule has 3 nitrogen and oxygen atoms in total. The summed E-state index contributed by atoms with van der Waals surface area (Å²) in [7, 11) is 0. The van der Waals surface area contributed by atoms with Crippen LogP contribution in [-0.4, -0.2) is 12.3 Å². The average Bonchev–Trinajstić information content (AvgIpc) is 2.75. The minimum Gasteiger partial charge on any atom is -0.423 e. The van der Waals surface area contributed by atoms with E-state index in [4.69, 9.17) is 4.74 Å². The molecule has 0 saturated carbocycles. The molecule has 0 fully saturated rings. The van der Waals surface area contributed by atoms with Crippen molar-refractivity contribution in [3.05, 3.63) is 70.8 Å². The topological polar surface area (TPSA) is 35.5 Å². The highest BCUT2D eigenvalue weighted by Crippen LogP contribution is 2.35. The summed E-state index contributed by atoms with van der Waals surface area (Å²) < 4.78 is 103. The summed E-state index contributed by atoms with van der Waals surface area (Å²) in [6, 6.07) is 5.49. The molecule has 0 amide bonds. The number of hydrogen-bond acceptors (Lipinski definition) is 3. The third-order valence-corrected chi connectivity index (χ3v) is 5.26. The van der Waals surface area contributed by atoms with Crippen molar-refractivity contribution in [1.82, 2.24) is 0 Å². The number of benzene rings is 3. The van der Waals surface area contributed by atoms with E-state index in [9.17, 15) is 35.5 Å². The lowest BCUT2D eigenvalue weighted by Gasteiger charge is -2.13. The first-order valence-corrected chi connectivity index (χ1v) is 10.9. The van der Waals surface area contributed by atoms with E-state index < -0.39 is 52.3 Å². The molecule has 188 valence electrons. The quantitative estimate of drug-likeness (QED) is 0.129. The molecule has 3 aromatic rings. The molecule has 0 aliphatic rings. The van der Waals surface area contributed by atoms with E-state index in [1.165, 1.54) is 0 Å². The van der Waals surface area contributed by atoms with Crippen molar-refractivity contribution in [3.8, 4) is 11.5 Å². The highest BCUT2D eigenvalue weighted by molar-refractivity contribution is 5.93. The molecule has 0 bridgehead atoms. The molecule has 0 heterocycles. The molecule has 3 aromatic carbocycles. The Bertz CT molecular complexity index is 1200. The lowest BCUT2D eigenvalue weighted by molar-refractivity contribution is -0.276. The zero-order chi connectivity index (χ0) is 25.8. The van der Waals surface area contributed by atoms with Crippen LogP contribution in [0.5, 0.6) is 11.5 Å². The maximum atomic E-state index is 14.5. The SMILES string of the molecule is CCCCCCCc1cc(F)c(C(=O)Oc2ccc3c(F)c(OC(F)(F)F)c(F)cc3c2)c(F)c1. The number of hydrogen-bond donors (Lipinski definition) is 0. The summed E-state index contributed by atoms with van der Waals surface area (Å²) in [6.45, 7) is 2.07. The Morgan fingerprint density at radius 1 is 0.857 bits per heavy atom. The van der Waals surface area contributed by atoms with Gasteiger partial charge in [0.05, 0.1) is 0 Å². The van der Waals surface area contributed by atoms with Crippen LogP contribution in [0, 0.1) is 23.3 Å². The van der Waals surface area contributed by atoms with E-state index in [0.717, 1.165) is 62.4 Å². The fourth-order valence-electron chi connectivity index (χ4n) is 3.62. The van der Waals surface area contributed by atoms with Crippen molar-refractivity contribution in [1.29, 1.82) is 0 Å². The maximum Gasteiger partial charge on any atom is 0.573 e. The number of carbonyl (C=O) groups excluding carboxylic acids is 1. The molecule has 10 heteroatoms. The van der Waals surface area contributed by atoms with Gasteiger partial charge in [0.25, 0.3) is 0 Å². The van der Waals surface area contributed by atoms with Crippen LogP contribution in [0.3, 0.4) is 0 Å². The number of carbonyl (C=O) groups is 1. The van der Waals surface area contributed by atoms with Crippen molar-refractivity contribution >= 4 is 16.7 Å². The van der Waals surface area contributed by atoms with Crippen molar-refractivity contribution in [3.63, 3.8) is 0 Å². The zero-order valence-electron chi connectivity index (χ0n) is 18.6. The van der Waals surface area contributed by atoms with Crippen LogP contribution in [0.25, 0.3) is 10.8 Å². The van der Waals surface area contributed by atoms with Crippen LogP contribution in [0.15, 0.2) is 36.4 Å². The van der Waals surface area contributed by atoms with E-state index >= 15 is 0 Å². The smallest absolute Gasteiger partial charge is 0.423 e. The van der Waals surface area contributed by atoms with Gasteiger partial charge in [-0.25, -0.2) is 22.4 Å². The minimum atomic E-state index is -5.32. The Morgan fingerprint density at radius 3 is 2.14 bits per heavy atom. The molecular formula is C25H21F7O3. The molecule has 0 aliphatic carbocycles. The van der Waals surface area contributed by atoms with Gasteiger partial charge in [0.15, 0.2) is 11.6 Å². The van der Waals surface area contributed by atoms with Gasteiger partial charge in [-0.2, -0.15) is 0 Å². The van der Waals surface area contributed by atoms with Gasteiger partial charge in [-0.15, -0.1) is 13.2 Å². The van der Waals surface area contributed by atoms with Crippen LogP contribution in [0.2, 0.25) is 0 Å². The highest BCUT2D eigenvalue weighted by atomic mass is 19.4. The first-order chi connectivity index (χ1) is 16.5. The van der Waals surface area contributed by atoms with Crippen LogP contribution >= 0.6 is 0 Å². The van der Waals surface area contributed by atoms with Gasteiger partial charge in [0.2, 0.25) is 5.75 Å². The van der Waals surface area contributed by atoms with Gasteiger partial charge in [0, 0.05) is 5.39 Å². The van der Waals surface area contributed by atoms with Crippen molar-refractivity contribution in [2.24, 2.45) is 0 Å². The number of fused-ring (bicyclic) bond motifs is 1. The Morgan fingerprint density at radius 2 is 1.51 bits per heavy atom. The van der Waals surface area contributed by atoms with Crippen LogP contribution < -0.4 is 9.47 Å². The standard InChI is InChI=1S/C25H21F7O3/c1-2-3-4-5-6-7-14-10-18(26)21(19(27)11-14)24(33)34-16-8-9-17-15(12-16)13-20(28)23(22(17)29)35-25(30,31)32/h8-13H,2-7H2,1H3. The minimum absolute atomic E-state index is 0.265. The lowest BCUT2D eigenvalue weighted by Crippen LogP contribution is -2.19. The van der Waals surface area contributed by atoms with Gasteiger partial charge in [-0.05, 0) is 60.2 Å². The molecule has 0 aromatic heterocycles.